The Morgan fingerprint density at radius 2 is 1.68 bits per heavy atom. The first kappa shape index (κ1) is 21.9. The van der Waals surface area contributed by atoms with Crippen LogP contribution in [-0.4, -0.2) is 29.8 Å². The van der Waals surface area contributed by atoms with E-state index in [0.29, 0.717) is 32.5 Å². The lowest BCUT2D eigenvalue weighted by molar-refractivity contribution is -0.136. The van der Waals surface area contributed by atoms with Gasteiger partial charge in [0.1, 0.15) is 6.04 Å². The van der Waals surface area contributed by atoms with Gasteiger partial charge in [-0.3, -0.25) is 9.59 Å². The van der Waals surface area contributed by atoms with Gasteiger partial charge in [-0.25, -0.2) is 0 Å². The van der Waals surface area contributed by atoms with E-state index in [1.165, 1.54) is 5.56 Å². The van der Waals surface area contributed by atoms with Gasteiger partial charge in [0.05, 0.1) is 0 Å². The summed E-state index contributed by atoms with van der Waals surface area (Å²) in [6, 6.07) is 16.9. The van der Waals surface area contributed by atoms with Crippen LogP contribution in [0.2, 0.25) is 0 Å². The van der Waals surface area contributed by atoms with Crippen molar-refractivity contribution < 1.29 is 9.59 Å². The van der Waals surface area contributed by atoms with Gasteiger partial charge in [0.15, 0.2) is 0 Å². The number of likely N-dealkylation sites (tertiary alicyclic amines) is 1. The fourth-order valence-corrected chi connectivity index (χ4v) is 3.40. The molecule has 2 amide bonds. The highest BCUT2D eigenvalue weighted by molar-refractivity contribution is 5.85. The molecule has 1 atom stereocenters. The Hall–Kier alpha value is -2.37. The van der Waals surface area contributed by atoms with E-state index in [0.717, 1.165) is 11.1 Å². The van der Waals surface area contributed by atoms with E-state index in [2.05, 4.69) is 5.32 Å². The van der Waals surface area contributed by atoms with Gasteiger partial charge in [-0.15, -0.1) is 12.4 Å². The van der Waals surface area contributed by atoms with E-state index >= 15 is 0 Å². The van der Waals surface area contributed by atoms with E-state index in [1.807, 2.05) is 61.5 Å². The zero-order valence-electron chi connectivity index (χ0n) is 16.1. The number of hydrogen-bond donors (Lipinski definition) is 2. The van der Waals surface area contributed by atoms with E-state index in [9.17, 15) is 9.59 Å². The molecule has 2 aromatic rings. The maximum Gasteiger partial charge on any atom is 0.244 e. The average molecular weight is 402 g/mol. The summed E-state index contributed by atoms with van der Waals surface area (Å²) in [6.07, 6.45) is 1.35. The molecule has 1 aliphatic heterocycles. The number of carbonyl (C=O) groups is 2. The normalized spacial score (nSPS) is 15.4. The van der Waals surface area contributed by atoms with Crippen LogP contribution in [0.3, 0.4) is 0 Å². The van der Waals surface area contributed by atoms with Gasteiger partial charge in [0, 0.05) is 25.6 Å². The van der Waals surface area contributed by atoms with Crippen molar-refractivity contribution in [2.45, 2.75) is 32.4 Å². The number of carbonyl (C=O) groups excluding carboxylic acids is 2. The summed E-state index contributed by atoms with van der Waals surface area (Å²) in [4.78, 5) is 26.8. The summed E-state index contributed by atoms with van der Waals surface area (Å²) in [6.45, 7) is 3.72. The number of nitrogens with one attached hydrogen (secondary N) is 1. The summed E-state index contributed by atoms with van der Waals surface area (Å²) in [5.41, 5.74) is 9.23. The molecule has 2 aromatic carbocycles. The molecule has 0 aromatic heterocycles. The minimum atomic E-state index is -0.641. The van der Waals surface area contributed by atoms with Gasteiger partial charge in [-0.1, -0.05) is 60.2 Å². The Balaban J connectivity index is 0.00000280. The first-order chi connectivity index (χ1) is 13.0. The zero-order valence-corrected chi connectivity index (χ0v) is 17.0. The molecule has 0 bridgehead atoms. The SMILES string of the molecule is Cc1ccc(CNC(=O)C2CCN(C(=O)C(N)c3ccccc3)CC2)cc1.Cl. The highest BCUT2D eigenvalue weighted by atomic mass is 35.5. The van der Waals surface area contributed by atoms with Gasteiger partial charge in [-0.2, -0.15) is 0 Å². The standard InChI is InChI=1S/C22H27N3O2.ClH/c1-16-7-9-17(10-8-16)15-24-21(26)19-11-13-25(14-12-19)22(27)20(23)18-5-3-2-4-6-18;/h2-10,19-20H,11-15,23H2,1H3,(H,24,26);1H. The van der Waals surface area contributed by atoms with Crippen molar-refractivity contribution >= 4 is 24.2 Å². The number of halogens is 1. The Kier molecular flexibility index (Phi) is 8.03. The van der Waals surface area contributed by atoms with Crippen LogP contribution >= 0.6 is 12.4 Å². The minimum absolute atomic E-state index is 0. The Labute approximate surface area is 172 Å². The molecular weight excluding hydrogens is 374 g/mol. The van der Waals surface area contributed by atoms with Crippen LogP contribution in [0.1, 0.15) is 35.6 Å². The second kappa shape index (κ2) is 10.2. The predicted molar refractivity (Wildman–Crippen MR) is 113 cm³/mol. The molecule has 150 valence electrons. The van der Waals surface area contributed by atoms with Crippen LogP contribution in [0.25, 0.3) is 0 Å². The lowest BCUT2D eigenvalue weighted by Gasteiger charge is -2.33. The fourth-order valence-electron chi connectivity index (χ4n) is 3.40. The molecule has 0 saturated carbocycles. The molecule has 0 aliphatic carbocycles. The molecule has 5 nitrogen and oxygen atoms in total. The van der Waals surface area contributed by atoms with Crippen LogP contribution < -0.4 is 11.1 Å². The lowest BCUT2D eigenvalue weighted by atomic mass is 9.94. The van der Waals surface area contributed by atoms with E-state index in [4.69, 9.17) is 5.73 Å². The second-order valence-electron chi connectivity index (χ2n) is 7.19. The molecule has 1 aliphatic rings. The summed E-state index contributed by atoms with van der Waals surface area (Å²) in [5.74, 6) is -0.0535. The third kappa shape index (κ3) is 5.57. The molecule has 1 heterocycles. The smallest absolute Gasteiger partial charge is 0.244 e. The summed E-state index contributed by atoms with van der Waals surface area (Å²) < 4.78 is 0. The van der Waals surface area contributed by atoms with Crippen LogP contribution in [0.4, 0.5) is 0 Å². The summed E-state index contributed by atoms with van der Waals surface area (Å²) in [5, 5.41) is 3.01. The second-order valence-corrected chi connectivity index (χ2v) is 7.19. The minimum Gasteiger partial charge on any atom is -0.352 e. The Morgan fingerprint density at radius 3 is 2.29 bits per heavy atom. The topological polar surface area (TPSA) is 75.4 Å². The number of nitrogens with zero attached hydrogens (tertiary/aromatic N) is 1. The molecule has 1 saturated heterocycles. The summed E-state index contributed by atoms with van der Waals surface area (Å²) in [7, 11) is 0. The van der Waals surface area contributed by atoms with Crippen LogP contribution in [-0.2, 0) is 16.1 Å². The number of nitrogens with two attached hydrogens (primary N) is 1. The van der Waals surface area contributed by atoms with Crippen molar-refractivity contribution in [3.8, 4) is 0 Å². The van der Waals surface area contributed by atoms with Gasteiger partial charge < -0.3 is 16.0 Å². The van der Waals surface area contributed by atoms with E-state index in [1.54, 1.807) is 4.90 Å². The monoisotopic (exact) mass is 401 g/mol. The fraction of sp³-hybridized carbons (Fsp3) is 0.364. The number of hydrogen-bond acceptors (Lipinski definition) is 3. The first-order valence-electron chi connectivity index (χ1n) is 9.47. The van der Waals surface area contributed by atoms with Crippen LogP contribution in [0.15, 0.2) is 54.6 Å². The van der Waals surface area contributed by atoms with Gasteiger partial charge in [-0.05, 0) is 30.9 Å². The maximum atomic E-state index is 12.6. The van der Waals surface area contributed by atoms with Gasteiger partial charge >= 0.3 is 0 Å². The van der Waals surface area contributed by atoms with Crippen LogP contribution in [0, 0.1) is 12.8 Å². The van der Waals surface area contributed by atoms with Crippen molar-refractivity contribution in [3.05, 3.63) is 71.3 Å². The number of aryl methyl sites for hydroxylation is 1. The number of rotatable bonds is 5. The van der Waals surface area contributed by atoms with Gasteiger partial charge in [0.2, 0.25) is 11.8 Å². The molecule has 3 N–H and O–H groups in total. The molecule has 0 spiro atoms. The predicted octanol–water partition coefficient (Wildman–Crippen LogP) is 2.97. The molecule has 28 heavy (non-hydrogen) atoms. The molecule has 0 radical (unpaired) electrons. The third-order valence-electron chi connectivity index (χ3n) is 5.19. The molecule has 6 heteroatoms. The number of amides is 2. The van der Waals surface area contributed by atoms with Crippen molar-refractivity contribution in [2.75, 3.05) is 13.1 Å². The van der Waals surface area contributed by atoms with E-state index < -0.39 is 6.04 Å². The van der Waals surface area contributed by atoms with Gasteiger partial charge in [0.25, 0.3) is 0 Å². The quantitative estimate of drug-likeness (QED) is 0.808. The van der Waals surface area contributed by atoms with E-state index in [-0.39, 0.29) is 30.1 Å². The maximum absolute atomic E-state index is 12.6. The Bertz CT molecular complexity index is 772. The Morgan fingerprint density at radius 1 is 1.07 bits per heavy atom. The van der Waals surface area contributed by atoms with Crippen molar-refractivity contribution in [2.24, 2.45) is 11.7 Å². The van der Waals surface area contributed by atoms with Crippen molar-refractivity contribution in [3.63, 3.8) is 0 Å². The summed E-state index contributed by atoms with van der Waals surface area (Å²) >= 11 is 0. The molecule has 1 fully saturated rings. The van der Waals surface area contributed by atoms with Crippen LogP contribution in [0.5, 0.6) is 0 Å². The lowest BCUT2D eigenvalue weighted by Crippen LogP contribution is -2.45. The molecule has 3 rings (SSSR count). The van der Waals surface area contributed by atoms with Crippen molar-refractivity contribution in [1.82, 2.24) is 10.2 Å². The first-order valence-corrected chi connectivity index (χ1v) is 9.47. The average Bonchev–Trinajstić information content (AvgIpc) is 2.73. The zero-order chi connectivity index (χ0) is 19.2. The number of piperidine rings is 1. The number of benzene rings is 2. The molecule has 1 unspecified atom stereocenters. The third-order valence-corrected chi connectivity index (χ3v) is 5.19. The highest BCUT2D eigenvalue weighted by Crippen LogP contribution is 2.21. The van der Waals surface area contributed by atoms with Crippen molar-refractivity contribution in [1.29, 1.82) is 0 Å². The molecular formula is C22H28ClN3O2. The largest absolute Gasteiger partial charge is 0.352 e. The highest BCUT2D eigenvalue weighted by Gasteiger charge is 2.29.